The summed E-state index contributed by atoms with van der Waals surface area (Å²) in [5.41, 5.74) is -0.389. The number of hydrogen-bond acceptors (Lipinski definition) is 8. The summed E-state index contributed by atoms with van der Waals surface area (Å²) in [7, 11) is -3.85. The van der Waals surface area contributed by atoms with Crippen LogP contribution in [-0.2, 0) is 25.0 Å². The Hall–Kier alpha value is -1.50. The number of nitrogens with one attached hydrogen (secondary N) is 1. The minimum Gasteiger partial charge on any atom is -0.404 e. The Morgan fingerprint density at radius 2 is 2.14 bits per heavy atom. The fourth-order valence-corrected chi connectivity index (χ4v) is 4.61. The van der Waals surface area contributed by atoms with Crippen molar-refractivity contribution in [1.82, 2.24) is 9.55 Å². The van der Waals surface area contributed by atoms with E-state index in [0.717, 1.165) is 5.56 Å². The van der Waals surface area contributed by atoms with Gasteiger partial charge in [-0.2, -0.15) is 0 Å². The molecule has 1 saturated heterocycles. The number of rotatable bonds is 4. The monoisotopic (exact) mass is 520 g/mol. The van der Waals surface area contributed by atoms with E-state index in [1.54, 1.807) is 40.8 Å². The topological polar surface area (TPSA) is 129 Å². The zero-order chi connectivity index (χ0) is 19.9. The van der Waals surface area contributed by atoms with E-state index in [1.807, 2.05) is 6.07 Å². The average molecular weight is 520 g/mol. The number of nitrogens with zero attached hydrogens (tertiary/aromatic N) is 1. The maximum atomic E-state index is 12.6. The quantitative estimate of drug-likeness (QED) is 0.459. The van der Waals surface area contributed by atoms with E-state index in [2.05, 4.69) is 4.98 Å². The lowest BCUT2D eigenvalue weighted by molar-refractivity contribution is -0.0469. The van der Waals surface area contributed by atoms with Crippen molar-refractivity contribution < 1.29 is 28.0 Å². The van der Waals surface area contributed by atoms with Crippen molar-refractivity contribution in [2.75, 3.05) is 6.61 Å². The maximum absolute atomic E-state index is 12.6. The van der Waals surface area contributed by atoms with E-state index in [-0.39, 0.29) is 19.6 Å². The third kappa shape index (κ3) is 3.95. The summed E-state index contributed by atoms with van der Waals surface area (Å²) in [4.78, 5) is 25.7. The maximum Gasteiger partial charge on any atom is 0.530 e. The molecule has 2 aliphatic heterocycles. The highest BCUT2D eigenvalue weighted by Crippen LogP contribution is 2.54. The predicted molar refractivity (Wildman–Crippen MR) is 104 cm³/mol. The first kappa shape index (κ1) is 19.8. The number of hydrogen-bond donors (Lipinski definition) is 2. The number of H-pyrrole nitrogens is 1. The molecular weight excluding hydrogens is 504 g/mol. The fourth-order valence-electron chi connectivity index (χ4n) is 2.95. The van der Waals surface area contributed by atoms with Crippen LogP contribution in [0.2, 0.25) is 0 Å². The van der Waals surface area contributed by atoms with Crippen LogP contribution in [0.25, 0.3) is 0 Å². The predicted octanol–water partition coefficient (Wildman–Crippen LogP) is 1.52. The van der Waals surface area contributed by atoms with Crippen LogP contribution in [0.4, 0.5) is 0 Å². The number of para-hydroxylation sites is 1. The van der Waals surface area contributed by atoms with Gasteiger partial charge in [0.05, 0.1) is 22.9 Å². The minimum absolute atomic E-state index is 0.0787. The second-order valence-electron chi connectivity index (χ2n) is 6.29. The van der Waals surface area contributed by atoms with Crippen LogP contribution in [0, 0.1) is 3.57 Å². The van der Waals surface area contributed by atoms with Gasteiger partial charge in [-0.15, -0.1) is 0 Å². The summed E-state index contributed by atoms with van der Waals surface area (Å²) in [5, 5.41) is 10.2. The van der Waals surface area contributed by atoms with Gasteiger partial charge in [0.15, 0.2) is 0 Å². The largest absolute Gasteiger partial charge is 0.530 e. The number of fused-ring (bicyclic) bond motifs is 1. The van der Waals surface area contributed by atoms with Crippen molar-refractivity contribution in [3.63, 3.8) is 0 Å². The van der Waals surface area contributed by atoms with Gasteiger partial charge in [-0.05, 0) is 28.7 Å². The lowest BCUT2D eigenvalue weighted by Crippen LogP contribution is -2.33. The van der Waals surface area contributed by atoms with E-state index in [0.29, 0.717) is 9.32 Å². The molecule has 1 unspecified atom stereocenters. The normalized spacial score (nSPS) is 29.3. The van der Waals surface area contributed by atoms with Crippen LogP contribution in [0.1, 0.15) is 18.2 Å². The van der Waals surface area contributed by atoms with Crippen molar-refractivity contribution in [3.8, 4) is 5.75 Å². The first-order chi connectivity index (χ1) is 13.3. The van der Waals surface area contributed by atoms with Crippen molar-refractivity contribution in [3.05, 3.63) is 60.4 Å². The molecule has 1 aromatic heterocycles. The molecule has 4 rings (SSSR count). The summed E-state index contributed by atoms with van der Waals surface area (Å²) < 4.78 is 35.7. The second kappa shape index (κ2) is 7.73. The first-order valence-corrected chi connectivity index (χ1v) is 10.9. The van der Waals surface area contributed by atoms with Gasteiger partial charge in [0.2, 0.25) is 0 Å². The zero-order valence-corrected chi connectivity index (χ0v) is 17.4. The van der Waals surface area contributed by atoms with Crippen LogP contribution in [-0.4, -0.2) is 33.5 Å². The van der Waals surface area contributed by atoms with E-state index in [1.165, 1.54) is 10.8 Å². The molecule has 1 aromatic carbocycles. The SMILES string of the molecule is O=c1[nH]c(=O)n([C@H]2C[C@H](O)[C@@H](COP3(=O)OCc4ccccc4O3)O2)cc1[125I]. The van der Waals surface area contributed by atoms with Crippen molar-refractivity contribution in [1.29, 1.82) is 0 Å². The summed E-state index contributed by atoms with van der Waals surface area (Å²) in [5.74, 6) is 0.414. The Balaban J connectivity index is 1.43. The van der Waals surface area contributed by atoms with Crippen LogP contribution >= 0.6 is 30.4 Å². The highest BCUT2D eigenvalue weighted by molar-refractivity contribution is 14.1. The van der Waals surface area contributed by atoms with E-state index in [9.17, 15) is 19.3 Å². The fraction of sp³-hybridized carbons (Fsp3) is 0.375. The lowest BCUT2D eigenvalue weighted by Gasteiger charge is -2.26. The number of halogens is 1. The van der Waals surface area contributed by atoms with E-state index < -0.39 is 37.5 Å². The molecule has 0 amide bonds. The molecule has 1 fully saturated rings. The number of aromatic nitrogens is 2. The lowest BCUT2D eigenvalue weighted by atomic mass is 10.2. The van der Waals surface area contributed by atoms with Crippen LogP contribution in [0.3, 0.4) is 0 Å². The van der Waals surface area contributed by atoms with Gasteiger partial charge in [0, 0.05) is 18.2 Å². The highest BCUT2D eigenvalue weighted by atomic mass is 125. The molecule has 2 N–H and O–H groups in total. The number of benzene rings is 1. The van der Waals surface area contributed by atoms with Gasteiger partial charge < -0.3 is 14.4 Å². The Morgan fingerprint density at radius 3 is 2.96 bits per heavy atom. The standard InChI is InChI=1S/C16H16IN2O8P/c17-10-6-19(16(22)18-15(10)21)14-5-11(20)13(26-14)8-25-28(23)24-7-9-3-1-2-4-12(9)27-28/h1-4,6,11,13-14,20H,5,7-8H2,(H,18,21,22)/t11-,13+,14+,28?/m0/s1/i17-2. The molecule has 0 spiro atoms. The molecule has 0 bridgehead atoms. The number of aliphatic hydroxyl groups is 1. The van der Waals surface area contributed by atoms with Gasteiger partial charge in [0.1, 0.15) is 18.1 Å². The third-order valence-electron chi connectivity index (χ3n) is 4.40. The number of aliphatic hydroxyl groups excluding tert-OH is 1. The molecule has 2 aliphatic rings. The smallest absolute Gasteiger partial charge is 0.404 e. The highest BCUT2D eigenvalue weighted by Gasteiger charge is 2.40. The Kier molecular flexibility index (Phi) is 5.47. The van der Waals surface area contributed by atoms with Crippen molar-refractivity contribution in [2.24, 2.45) is 0 Å². The van der Waals surface area contributed by atoms with Crippen LogP contribution in [0.15, 0.2) is 40.1 Å². The summed E-state index contributed by atoms with van der Waals surface area (Å²) in [6.07, 6.45) is -1.15. The van der Waals surface area contributed by atoms with Crippen molar-refractivity contribution in [2.45, 2.75) is 31.5 Å². The van der Waals surface area contributed by atoms with Crippen molar-refractivity contribution >= 4 is 30.4 Å². The van der Waals surface area contributed by atoms with E-state index >= 15 is 0 Å². The number of phosphoric ester groups is 1. The number of ether oxygens (including phenoxy) is 1. The molecule has 12 heteroatoms. The summed E-state index contributed by atoms with van der Waals surface area (Å²) in [6.45, 7) is -0.179. The molecule has 28 heavy (non-hydrogen) atoms. The van der Waals surface area contributed by atoms with Crippen LogP contribution < -0.4 is 15.8 Å². The molecule has 150 valence electrons. The van der Waals surface area contributed by atoms with Gasteiger partial charge in [-0.3, -0.25) is 23.4 Å². The Bertz CT molecular complexity index is 1050. The Labute approximate surface area is 172 Å². The Morgan fingerprint density at radius 1 is 1.36 bits per heavy atom. The molecule has 0 aliphatic carbocycles. The summed E-state index contributed by atoms with van der Waals surface area (Å²) >= 11 is 1.80. The molecule has 4 atom stereocenters. The van der Waals surface area contributed by atoms with Gasteiger partial charge in [-0.25, -0.2) is 9.36 Å². The zero-order valence-electron chi connectivity index (χ0n) is 14.3. The number of phosphoric acid groups is 1. The second-order valence-corrected chi connectivity index (χ2v) is 9.05. The van der Waals surface area contributed by atoms with Crippen LogP contribution in [0.5, 0.6) is 5.75 Å². The molecular formula is C16H16IN2O8P. The van der Waals surface area contributed by atoms with Gasteiger partial charge in [0.25, 0.3) is 5.56 Å². The summed E-state index contributed by atoms with van der Waals surface area (Å²) in [6, 6.07) is 7.00. The average Bonchev–Trinajstić information content (AvgIpc) is 3.03. The molecule has 10 nitrogen and oxygen atoms in total. The minimum atomic E-state index is -3.85. The molecule has 0 radical (unpaired) electrons. The first-order valence-electron chi connectivity index (χ1n) is 8.36. The number of aromatic amines is 1. The molecule has 2 aromatic rings. The molecule has 0 saturated carbocycles. The van der Waals surface area contributed by atoms with Gasteiger partial charge in [-0.1, -0.05) is 18.2 Å². The molecule has 3 heterocycles. The van der Waals surface area contributed by atoms with E-state index in [4.69, 9.17) is 18.3 Å². The third-order valence-corrected chi connectivity index (χ3v) is 6.50. The van der Waals surface area contributed by atoms with Gasteiger partial charge >= 0.3 is 13.5 Å².